The van der Waals surface area contributed by atoms with Gasteiger partial charge in [0, 0.05) is 38.0 Å². The zero-order chi connectivity index (χ0) is 75.0. The number of nitrogens with one attached hydrogen (secondary N) is 11. The average Bonchev–Trinajstić information content (AvgIpc) is 1.59. The van der Waals surface area contributed by atoms with Crippen LogP contribution in [-0.2, 0) is 91.1 Å². The number of hydrogen-bond acceptors (Lipinski definition) is 23. The molecule has 41 nitrogen and oxygen atoms in total. The van der Waals surface area contributed by atoms with E-state index in [4.69, 9.17) is 16.6 Å². The summed E-state index contributed by atoms with van der Waals surface area (Å²) in [6, 6.07) is -20.9. The number of amides is 13. The summed E-state index contributed by atoms with van der Waals surface area (Å²) in [5.41, 5.74) is 10.8. The smallest absolute Gasteiger partial charge is 0.326 e. The molecule has 0 aromatic carbocycles. The molecule has 0 aromatic rings. The normalized spacial score (nSPS) is 16.3. The lowest BCUT2D eigenvalue weighted by atomic mass is 10.0. The van der Waals surface area contributed by atoms with E-state index in [0.29, 0.717) is 0 Å². The highest BCUT2D eigenvalue weighted by molar-refractivity contribution is 7.80. The van der Waals surface area contributed by atoms with Crippen molar-refractivity contribution in [3.05, 3.63) is 0 Å². The minimum Gasteiger partial charge on any atom is -0.481 e. The van der Waals surface area contributed by atoms with E-state index in [1.165, 1.54) is 13.8 Å². The van der Waals surface area contributed by atoms with E-state index in [1.54, 1.807) is 13.8 Å². The second kappa shape index (κ2) is 42.7. The fourth-order valence-electron chi connectivity index (χ4n) is 9.25. The maximum atomic E-state index is 14.3. The van der Waals surface area contributed by atoms with Crippen LogP contribution in [0.15, 0.2) is 0 Å². The third-order valence-electron chi connectivity index (χ3n) is 14.4. The minimum atomic E-state index is -2.07. The highest BCUT2D eigenvalue weighted by Crippen LogP contribution is 2.22. The zero-order valence-electron chi connectivity index (χ0n) is 54.1. The number of nitrogens with two attached hydrogens (primary N) is 2. The summed E-state index contributed by atoms with van der Waals surface area (Å²) in [6.07, 6.45) is -9.69. The van der Waals surface area contributed by atoms with Gasteiger partial charge in [-0.15, -0.1) is 0 Å². The van der Waals surface area contributed by atoms with E-state index < -0.39 is 280 Å². The molecule has 1 aliphatic rings. The van der Waals surface area contributed by atoms with Crippen LogP contribution >= 0.6 is 12.6 Å². The third-order valence-corrected chi connectivity index (χ3v) is 14.8. The number of carboxylic acids is 6. The van der Waals surface area contributed by atoms with Crippen molar-refractivity contribution in [2.24, 2.45) is 23.3 Å². The molecule has 0 unspecified atom stereocenters. The lowest BCUT2D eigenvalue weighted by Crippen LogP contribution is -2.62. The fraction of sp³-hybridized carbons (Fsp3) is 0.661. The fourth-order valence-corrected chi connectivity index (χ4v) is 9.42. The van der Waals surface area contributed by atoms with Gasteiger partial charge in [0.05, 0.1) is 38.1 Å². The van der Waals surface area contributed by atoms with Crippen molar-refractivity contribution in [2.45, 2.75) is 197 Å². The summed E-state index contributed by atoms with van der Waals surface area (Å²) in [5.74, 6) is -26.1. The molecule has 0 aliphatic carbocycles. The Morgan fingerprint density at radius 3 is 1.32 bits per heavy atom. The number of likely N-dealkylation sites (tertiary alicyclic amines) is 1. The van der Waals surface area contributed by atoms with Gasteiger partial charge < -0.3 is 116 Å². The SMILES string of the molecule is CC(C)C[C@H](NC(=O)CNC(=O)[C@H](CCC(=O)O)NC(=O)[C@H](CC(=O)O)NC(=O)[C@H](CC(N)=O)NC(=O)[C@@H](N)CS)C(=O)N[C@@H](CCC(=O)O)C(=O)N[C@@H](CO)C(=O)N[C@H](C(=O)N1CCC[C@H]1C(=O)N[C@H](C(=O)N[C@@H](CCC(=O)O)C(=O)N[C@@H](CCC(=O)O)C(=O)O)[C@@H](C)O)C(C)C. The van der Waals surface area contributed by atoms with Gasteiger partial charge >= 0.3 is 35.8 Å². The molecule has 0 aromatic heterocycles. The zero-order valence-corrected chi connectivity index (χ0v) is 55.0. The molecule has 1 aliphatic heterocycles. The molecule has 1 heterocycles. The van der Waals surface area contributed by atoms with Gasteiger partial charge in [-0.05, 0) is 63.7 Å². The molecule has 23 N–H and O–H groups in total. The molecule has 98 heavy (non-hydrogen) atoms. The maximum absolute atomic E-state index is 14.3. The highest BCUT2D eigenvalue weighted by Gasteiger charge is 2.42. The molecule has 0 radical (unpaired) electrons. The quantitative estimate of drug-likeness (QED) is 0.0252. The summed E-state index contributed by atoms with van der Waals surface area (Å²) in [5, 5.41) is 101. The van der Waals surface area contributed by atoms with Crippen molar-refractivity contribution in [3.8, 4) is 0 Å². The third kappa shape index (κ3) is 31.4. The van der Waals surface area contributed by atoms with Gasteiger partial charge in [-0.1, -0.05) is 27.7 Å². The van der Waals surface area contributed by atoms with Gasteiger partial charge in [-0.2, -0.15) is 12.6 Å². The van der Waals surface area contributed by atoms with Gasteiger partial charge in [0.25, 0.3) is 0 Å². The Bertz CT molecular complexity index is 2940. The second-order valence-electron chi connectivity index (χ2n) is 23.4. The minimum absolute atomic E-state index is 0.0651. The monoisotopic (exact) mass is 1420 g/mol. The van der Waals surface area contributed by atoms with Crippen molar-refractivity contribution < 1.29 is 132 Å². The first-order chi connectivity index (χ1) is 45.6. The van der Waals surface area contributed by atoms with Gasteiger partial charge in [0.2, 0.25) is 76.8 Å². The standard InChI is InChI=1S/C56H88N14O27S/c1-23(2)17-31(60-37(74)20-59-46(86)27(8-12-38(75)76)61-51(91)33(19-42(83)84)66-50(90)32(18-36(58)73)65-45(85)26(57)22-98)49(89)62-28(9-13-39(77)78)48(88)67-34(21-71)52(92)68-43(24(3)4)55(95)70-16-6-7-35(70)53(93)69-44(25(5)72)54(94)63-29(10-14-40(79)80)47(87)64-30(56(96)97)11-15-41(81)82/h23-35,43-44,71-72,98H,6-22,57H2,1-5H3,(H2,58,73)(H,59,86)(H,60,74)(H,61,91)(H,62,89)(H,63,94)(H,64,87)(H,65,85)(H,66,90)(H,67,88)(H,68,92)(H,69,93)(H,75,76)(H,77,78)(H,79,80)(H,81,82)(H,83,84)(H,96,97)/t25-,26+,27+,28+,29+,30+,31+,32+,33+,34+,35+,43+,44+/m1/s1. The lowest BCUT2D eigenvalue weighted by molar-refractivity contribution is -0.145. The Balaban J connectivity index is 3.38. The topological polar surface area (TPSA) is 674 Å². The highest BCUT2D eigenvalue weighted by atomic mass is 32.1. The number of carboxylic acid groups (broad SMARTS) is 6. The lowest BCUT2D eigenvalue weighted by Gasteiger charge is -2.32. The molecule has 0 spiro atoms. The van der Waals surface area contributed by atoms with Crippen LogP contribution in [0.2, 0.25) is 0 Å². The molecular weight excluding hydrogens is 1330 g/mol. The van der Waals surface area contributed by atoms with Gasteiger partial charge in [0.15, 0.2) is 0 Å². The molecule has 13 atom stereocenters. The Morgan fingerprint density at radius 2 is 0.888 bits per heavy atom. The molecule has 1 rings (SSSR count). The Kier molecular flexibility index (Phi) is 37.5. The number of rotatable bonds is 46. The average molecular weight is 1420 g/mol. The largest absolute Gasteiger partial charge is 0.481 e. The summed E-state index contributed by atoms with van der Waals surface area (Å²) in [7, 11) is 0. The first kappa shape index (κ1) is 86.2. The Morgan fingerprint density at radius 1 is 0.480 bits per heavy atom. The van der Waals surface area contributed by atoms with Crippen LogP contribution in [0, 0.1) is 11.8 Å². The van der Waals surface area contributed by atoms with E-state index in [1.807, 2.05) is 10.6 Å². The number of thiol groups is 1. The number of aliphatic hydroxyl groups is 2. The summed E-state index contributed by atoms with van der Waals surface area (Å²) >= 11 is 3.87. The van der Waals surface area contributed by atoms with Crippen molar-refractivity contribution in [3.63, 3.8) is 0 Å². The molecule has 1 saturated heterocycles. The molecule has 550 valence electrons. The first-order valence-electron chi connectivity index (χ1n) is 30.5. The number of carbonyl (C=O) groups excluding carboxylic acids is 13. The van der Waals surface area contributed by atoms with E-state index >= 15 is 0 Å². The molecular formula is C56H88N14O27S. The van der Waals surface area contributed by atoms with E-state index in [2.05, 4.69) is 60.5 Å². The van der Waals surface area contributed by atoms with Crippen LogP contribution in [0.1, 0.15) is 118 Å². The maximum Gasteiger partial charge on any atom is 0.326 e. The first-order valence-corrected chi connectivity index (χ1v) is 31.1. The molecule has 0 bridgehead atoms. The van der Waals surface area contributed by atoms with Crippen LogP contribution in [0.25, 0.3) is 0 Å². The summed E-state index contributed by atoms with van der Waals surface area (Å²) in [4.78, 5) is 245. The predicted octanol–water partition coefficient (Wildman–Crippen LogP) is -8.83. The Hall–Kier alpha value is -9.84. The van der Waals surface area contributed by atoms with Crippen molar-refractivity contribution in [1.82, 2.24) is 63.4 Å². The van der Waals surface area contributed by atoms with E-state index in [9.17, 15) is 127 Å². The van der Waals surface area contributed by atoms with Crippen molar-refractivity contribution >= 4 is 125 Å². The van der Waals surface area contributed by atoms with Crippen LogP contribution in [0.4, 0.5) is 0 Å². The van der Waals surface area contributed by atoms with Crippen LogP contribution in [0.5, 0.6) is 0 Å². The number of hydrogen-bond donors (Lipinski definition) is 22. The number of carbonyl (C=O) groups is 19. The van der Waals surface area contributed by atoms with Crippen molar-refractivity contribution in [1.29, 1.82) is 0 Å². The Labute approximate surface area is 564 Å². The summed E-state index contributed by atoms with van der Waals surface area (Å²) < 4.78 is 0. The van der Waals surface area contributed by atoms with Gasteiger partial charge in [-0.3, -0.25) is 86.3 Å². The molecule has 13 amide bonds. The van der Waals surface area contributed by atoms with Crippen LogP contribution in [0.3, 0.4) is 0 Å². The molecule has 42 heteroatoms. The second-order valence-corrected chi connectivity index (χ2v) is 23.7. The number of aliphatic carboxylic acids is 6. The summed E-state index contributed by atoms with van der Waals surface area (Å²) in [6.45, 7) is 4.80. The number of aliphatic hydroxyl groups excluding tert-OH is 2. The number of primary amides is 1. The molecule has 0 saturated carbocycles. The van der Waals surface area contributed by atoms with Crippen LogP contribution in [-0.4, -0.2) is 262 Å². The number of nitrogens with zero attached hydrogens (tertiary/aromatic N) is 1. The van der Waals surface area contributed by atoms with Gasteiger partial charge in [-0.25, -0.2) is 4.79 Å². The van der Waals surface area contributed by atoms with E-state index in [-0.39, 0.29) is 31.6 Å². The predicted molar refractivity (Wildman–Crippen MR) is 333 cm³/mol. The van der Waals surface area contributed by atoms with Gasteiger partial charge in [0.1, 0.15) is 66.5 Å². The van der Waals surface area contributed by atoms with E-state index in [0.717, 1.165) is 11.8 Å². The molecule has 1 fully saturated rings. The van der Waals surface area contributed by atoms with Crippen LogP contribution < -0.4 is 70.0 Å². The van der Waals surface area contributed by atoms with Crippen molar-refractivity contribution in [2.75, 3.05) is 25.4 Å².